The molecule has 0 bridgehead atoms. The van der Waals surface area contributed by atoms with Gasteiger partial charge in [0.25, 0.3) is 5.91 Å². The van der Waals surface area contributed by atoms with Gasteiger partial charge in [-0.05, 0) is 78.5 Å². The third kappa shape index (κ3) is 4.45. The van der Waals surface area contributed by atoms with Crippen LogP contribution in [0.15, 0.2) is 47.2 Å². The highest BCUT2D eigenvalue weighted by Gasteiger charge is 2.60. The molecule has 3 aliphatic carbocycles. The van der Waals surface area contributed by atoms with Crippen molar-refractivity contribution in [2.45, 2.75) is 56.7 Å². The van der Waals surface area contributed by atoms with E-state index in [0.29, 0.717) is 35.3 Å². The third-order valence-corrected chi connectivity index (χ3v) is 9.23. The number of aliphatic hydroxyl groups excluding tert-OH is 2. The number of ether oxygens (including phenoxy) is 1. The molecule has 1 unspecified atom stereocenters. The lowest BCUT2D eigenvalue weighted by molar-refractivity contribution is -0.147. The molecule has 1 heterocycles. The highest BCUT2D eigenvalue weighted by atomic mass is 19.1. The van der Waals surface area contributed by atoms with Gasteiger partial charge in [0.2, 0.25) is 5.78 Å². The van der Waals surface area contributed by atoms with Crippen LogP contribution >= 0.6 is 0 Å². The highest BCUT2D eigenvalue weighted by Crippen LogP contribution is 2.53. The zero-order chi connectivity index (χ0) is 30.8. The first kappa shape index (κ1) is 28.8. The fourth-order valence-corrected chi connectivity index (χ4v) is 7.07. The lowest BCUT2D eigenvalue weighted by atomic mass is 9.59. The van der Waals surface area contributed by atoms with E-state index in [1.807, 2.05) is 0 Å². The molecule has 0 radical (unpaired) electrons. The molecule has 1 saturated carbocycles. The summed E-state index contributed by atoms with van der Waals surface area (Å²) < 4.78 is 19.3. The van der Waals surface area contributed by atoms with Crippen LogP contribution in [0.3, 0.4) is 0 Å². The number of benzene rings is 2. The first-order valence-corrected chi connectivity index (χ1v) is 14.2. The minimum atomic E-state index is -2.67. The van der Waals surface area contributed by atoms with Gasteiger partial charge in [0.15, 0.2) is 17.2 Å². The van der Waals surface area contributed by atoms with Crippen molar-refractivity contribution in [3.63, 3.8) is 0 Å². The van der Waals surface area contributed by atoms with Crippen LogP contribution in [0.25, 0.3) is 16.9 Å². The summed E-state index contributed by atoms with van der Waals surface area (Å²) in [5, 5.41) is 45.3. The van der Waals surface area contributed by atoms with Gasteiger partial charge >= 0.3 is 0 Å². The number of phenolic OH excluding ortho intramolecular Hbond substituents is 1. The second-order valence-electron chi connectivity index (χ2n) is 11.7. The van der Waals surface area contributed by atoms with E-state index in [2.05, 4.69) is 0 Å². The number of aryl methyl sites for hydroxylation is 1. The van der Waals surface area contributed by atoms with Crippen LogP contribution in [-0.2, 0) is 36.8 Å². The van der Waals surface area contributed by atoms with Gasteiger partial charge in [-0.3, -0.25) is 19.2 Å². The normalized spacial score (nSPS) is 26.7. The van der Waals surface area contributed by atoms with Crippen LogP contribution in [0.4, 0.5) is 4.39 Å². The van der Waals surface area contributed by atoms with Crippen LogP contribution < -0.4 is 5.73 Å². The van der Waals surface area contributed by atoms with Crippen molar-refractivity contribution in [2.75, 3.05) is 6.61 Å². The molecule has 4 atom stereocenters. The van der Waals surface area contributed by atoms with Crippen molar-refractivity contribution in [2.24, 2.45) is 17.6 Å². The number of Topliss-reactive ketones (excluding diaryl/α,β-unsaturated/α-hetero) is 3. The van der Waals surface area contributed by atoms with Gasteiger partial charge in [0, 0.05) is 30.9 Å². The smallest absolute Gasteiger partial charge is 0.255 e. The second-order valence-corrected chi connectivity index (χ2v) is 11.7. The predicted molar refractivity (Wildman–Crippen MR) is 149 cm³/mol. The monoisotopic (exact) mass is 591 g/mol. The summed E-state index contributed by atoms with van der Waals surface area (Å²) in [5.74, 6) is -7.72. The fraction of sp³-hybridized carbons (Fsp3) is 0.375. The molecule has 224 valence electrons. The third-order valence-electron chi connectivity index (χ3n) is 9.23. The molecule has 2 fully saturated rings. The molecule has 4 aliphatic rings. The van der Waals surface area contributed by atoms with Crippen LogP contribution in [0.5, 0.6) is 5.75 Å². The molecule has 0 spiro atoms. The Hall–Kier alpha value is -4.35. The first-order valence-electron chi connectivity index (χ1n) is 14.2. The van der Waals surface area contributed by atoms with Gasteiger partial charge in [-0.2, -0.15) is 0 Å². The Morgan fingerprint density at radius 1 is 1.09 bits per heavy atom. The van der Waals surface area contributed by atoms with Crippen molar-refractivity contribution in [3.8, 4) is 16.9 Å². The average molecular weight is 592 g/mol. The number of amides is 1. The fourth-order valence-electron chi connectivity index (χ4n) is 7.07. The van der Waals surface area contributed by atoms with Crippen molar-refractivity contribution in [1.82, 2.24) is 0 Å². The number of primary amides is 1. The number of fused-ring (bicyclic) bond motifs is 3. The summed E-state index contributed by atoms with van der Waals surface area (Å²) in [6, 6.07) is 7.29. The minimum Gasteiger partial charge on any atom is -0.508 e. The SMILES string of the molecule is NC(=O)C1=C(O)[C@@]2(O)C(=O)C3=C(O)c4c(O)c(CCC(=O)C5CCCO5)cc(-c5ccc(F)cc5)c4C[C@H]3C[C@H]2CC1=O. The Morgan fingerprint density at radius 2 is 1.81 bits per heavy atom. The van der Waals surface area contributed by atoms with Gasteiger partial charge in [-0.15, -0.1) is 0 Å². The van der Waals surface area contributed by atoms with Gasteiger partial charge in [-0.25, -0.2) is 4.39 Å². The topological polar surface area (TPSA) is 184 Å². The van der Waals surface area contributed by atoms with Gasteiger partial charge in [-0.1, -0.05) is 12.1 Å². The molecular formula is C32H30FNO9. The Balaban J connectivity index is 1.49. The first-order chi connectivity index (χ1) is 20.4. The molecule has 1 amide bonds. The molecule has 2 aromatic rings. The number of rotatable bonds is 6. The number of hydrogen-bond donors (Lipinski definition) is 5. The van der Waals surface area contributed by atoms with Gasteiger partial charge < -0.3 is 30.9 Å². The van der Waals surface area contributed by atoms with Crippen LogP contribution in [0.1, 0.15) is 48.8 Å². The quantitative estimate of drug-likeness (QED) is 0.315. The Labute approximate surface area is 245 Å². The van der Waals surface area contributed by atoms with E-state index in [9.17, 15) is 44.0 Å². The van der Waals surface area contributed by atoms with Crippen LogP contribution in [-0.4, -0.2) is 62.0 Å². The van der Waals surface area contributed by atoms with E-state index in [1.165, 1.54) is 12.1 Å². The number of hydrogen-bond acceptors (Lipinski definition) is 9. The Bertz CT molecular complexity index is 1650. The molecule has 6 N–H and O–H groups in total. The Kier molecular flexibility index (Phi) is 6.97. The molecule has 1 saturated heterocycles. The second kappa shape index (κ2) is 10.4. The number of halogens is 1. The predicted octanol–water partition coefficient (Wildman–Crippen LogP) is 2.91. The van der Waals surface area contributed by atoms with Crippen molar-refractivity contribution >= 4 is 29.0 Å². The van der Waals surface area contributed by atoms with E-state index < -0.39 is 70.3 Å². The zero-order valence-corrected chi connectivity index (χ0v) is 23.1. The highest BCUT2D eigenvalue weighted by molar-refractivity contribution is 6.22. The van der Waals surface area contributed by atoms with E-state index in [-0.39, 0.29) is 48.4 Å². The number of carbonyl (C=O) groups is 4. The molecule has 6 rings (SSSR count). The molecular weight excluding hydrogens is 561 g/mol. The molecule has 43 heavy (non-hydrogen) atoms. The standard InChI is InChI=1S/C32H30FNO9/c33-18-6-3-14(4-7-18)19-11-15(5-8-21(35)23-2-1-9-43-23)27(37)25-20(19)12-16-10-17-13-22(36)26(31(34)41)30(40)32(17,42)29(39)24(16)28(25)38/h3-4,6-7,11,16-17,23,37-38,40,42H,1-2,5,8-10,12-13H2,(H2,34,41)/t16-,17+,23?,32+/m1/s1. The van der Waals surface area contributed by atoms with Crippen LogP contribution in [0, 0.1) is 17.7 Å². The number of aliphatic hydroxyl groups is 3. The summed E-state index contributed by atoms with van der Waals surface area (Å²) in [4.78, 5) is 51.1. The number of nitrogens with two attached hydrogens (primary N) is 1. The maximum Gasteiger partial charge on any atom is 0.255 e. The summed E-state index contributed by atoms with van der Waals surface area (Å²) in [6.45, 7) is 0.499. The zero-order valence-electron chi connectivity index (χ0n) is 23.1. The van der Waals surface area contributed by atoms with E-state index >= 15 is 0 Å². The molecule has 0 aromatic heterocycles. The van der Waals surface area contributed by atoms with E-state index in [1.54, 1.807) is 18.2 Å². The largest absolute Gasteiger partial charge is 0.508 e. The number of carbonyl (C=O) groups excluding carboxylic acids is 4. The minimum absolute atomic E-state index is 0.00975. The van der Waals surface area contributed by atoms with Gasteiger partial charge in [0.05, 0.1) is 5.56 Å². The molecule has 1 aliphatic heterocycles. The summed E-state index contributed by atoms with van der Waals surface area (Å²) in [7, 11) is 0. The maximum atomic E-state index is 13.9. The summed E-state index contributed by atoms with van der Waals surface area (Å²) >= 11 is 0. The van der Waals surface area contributed by atoms with Crippen molar-refractivity contribution in [3.05, 3.63) is 69.7 Å². The lowest BCUT2D eigenvalue weighted by Gasteiger charge is -2.46. The average Bonchev–Trinajstić information content (AvgIpc) is 3.50. The molecule has 11 heteroatoms. The maximum absolute atomic E-state index is 13.9. The molecule has 10 nitrogen and oxygen atoms in total. The van der Waals surface area contributed by atoms with Crippen molar-refractivity contribution in [1.29, 1.82) is 0 Å². The molecule has 2 aromatic carbocycles. The van der Waals surface area contributed by atoms with Crippen LogP contribution in [0.2, 0.25) is 0 Å². The van der Waals surface area contributed by atoms with Gasteiger partial charge in [0.1, 0.15) is 34.8 Å². The lowest BCUT2D eigenvalue weighted by Crippen LogP contribution is -2.58. The number of phenols is 1. The number of ketones is 3. The summed E-state index contributed by atoms with van der Waals surface area (Å²) in [5.41, 5.74) is 3.27. The Morgan fingerprint density at radius 3 is 2.47 bits per heavy atom. The van der Waals surface area contributed by atoms with E-state index in [0.717, 1.165) is 6.42 Å². The van der Waals surface area contributed by atoms with E-state index in [4.69, 9.17) is 10.5 Å². The van der Waals surface area contributed by atoms with Crippen molar-refractivity contribution < 1.29 is 48.7 Å². The summed E-state index contributed by atoms with van der Waals surface area (Å²) in [6.07, 6.45) is 0.673. The number of aromatic hydroxyl groups is 1.